The van der Waals surface area contributed by atoms with E-state index in [9.17, 15) is 22.8 Å². The fourth-order valence-electron chi connectivity index (χ4n) is 4.34. The fraction of sp³-hybridized carbons (Fsp3) is 0.640. The van der Waals surface area contributed by atoms with E-state index in [0.29, 0.717) is 44.0 Å². The van der Waals surface area contributed by atoms with Gasteiger partial charge in [-0.3, -0.25) is 9.69 Å². The minimum Gasteiger partial charge on any atom is -0.444 e. The molecule has 1 atom stereocenters. The molecule has 2 amide bonds. The molecule has 1 aromatic rings. The van der Waals surface area contributed by atoms with Crippen molar-refractivity contribution in [1.29, 1.82) is 0 Å². The zero-order valence-corrected chi connectivity index (χ0v) is 21.3. The molecule has 0 spiro atoms. The van der Waals surface area contributed by atoms with Crippen molar-refractivity contribution in [1.82, 2.24) is 14.8 Å². The van der Waals surface area contributed by atoms with Crippen LogP contribution < -0.4 is 0 Å². The largest absolute Gasteiger partial charge is 0.444 e. The monoisotopic (exact) mass is 496 g/mol. The molecule has 0 aromatic heterocycles. The molecule has 2 aliphatic rings. The fourth-order valence-corrected chi connectivity index (χ4v) is 4.34. The van der Waals surface area contributed by atoms with Crippen LogP contribution in [0.25, 0.3) is 0 Å². The van der Waals surface area contributed by atoms with Gasteiger partial charge in [-0.1, -0.05) is 26.0 Å². The number of hydrogen-bond donors (Lipinski definition) is 0. The van der Waals surface area contributed by atoms with Crippen molar-refractivity contribution in [3.63, 3.8) is 0 Å². The summed E-state index contributed by atoms with van der Waals surface area (Å²) in [6.45, 7) is 13.4. The molecule has 2 aliphatic heterocycles. The number of hydrazone groups is 1. The number of hydrogen-bond acceptors (Lipinski definition) is 5. The average Bonchev–Trinajstić information content (AvgIpc) is 2.75. The van der Waals surface area contributed by atoms with E-state index in [4.69, 9.17) is 4.74 Å². The highest BCUT2D eigenvalue weighted by Crippen LogP contribution is 2.33. The number of rotatable bonds is 4. The molecule has 0 saturated carbocycles. The van der Waals surface area contributed by atoms with Crippen molar-refractivity contribution >= 4 is 17.7 Å². The summed E-state index contributed by atoms with van der Waals surface area (Å²) in [5.41, 5.74) is -1.14. The predicted molar refractivity (Wildman–Crippen MR) is 127 cm³/mol. The molecule has 1 fully saturated rings. The van der Waals surface area contributed by atoms with Crippen LogP contribution in [-0.2, 0) is 15.7 Å². The van der Waals surface area contributed by atoms with Crippen LogP contribution in [0, 0.1) is 5.92 Å². The summed E-state index contributed by atoms with van der Waals surface area (Å²) < 4.78 is 44.6. The quantitative estimate of drug-likeness (QED) is 0.611. The highest BCUT2D eigenvalue weighted by atomic mass is 19.4. The van der Waals surface area contributed by atoms with Crippen molar-refractivity contribution in [2.45, 2.75) is 65.3 Å². The van der Waals surface area contributed by atoms with Gasteiger partial charge in [0.2, 0.25) is 0 Å². The van der Waals surface area contributed by atoms with Crippen molar-refractivity contribution in [3.05, 3.63) is 35.4 Å². The Morgan fingerprint density at radius 1 is 1.09 bits per heavy atom. The third-order valence-electron chi connectivity index (χ3n) is 6.16. The molecule has 1 saturated heterocycles. The number of alkyl halides is 3. The lowest BCUT2D eigenvalue weighted by molar-refractivity contribution is -0.146. The Bertz CT molecular complexity index is 962. The third kappa shape index (κ3) is 6.34. The number of piperazine rings is 1. The average molecular weight is 497 g/mol. The normalized spacial score (nSPS) is 22.5. The summed E-state index contributed by atoms with van der Waals surface area (Å²) in [6, 6.07) is 4.90. The van der Waals surface area contributed by atoms with Gasteiger partial charge in [0.25, 0.3) is 5.91 Å². The van der Waals surface area contributed by atoms with Crippen LogP contribution in [-0.4, -0.2) is 76.4 Å². The lowest BCUT2D eigenvalue weighted by Gasteiger charge is -2.48. The van der Waals surface area contributed by atoms with E-state index >= 15 is 0 Å². The van der Waals surface area contributed by atoms with Crippen molar-refractivity contribution in [2.75, 3.05) is 32.7 Å². The topological polar surface area (TPSA) is 65.4 Å². The van der Waals surface area contributed by atoms with Gasteiger partial charge < -0.3 is 9.64 Å². The molecule has 0 N–H and O–H groups in total. The van der Waals surface area contributed by atoms with Crippen LogP contribution >= 0.6 is 0 Å². The molecule has 3 rings (SSSR count). The van der Waals surface area contributed by atoms with E-state index < -0.39 is 22.9 Å². The molecule has 7 nitrogen and oxygen atoms in total. The summed E-state index contributed by atoms with van der Waals surface area (Å²) >= 11 is 0. The number of benzene rings is 1. The van der Waals surface area contributed by atoms with Crippen LogP contribution in [0.4, 0.5) is 18.0 Å². The Hall–Kier alpha value is -2.62. The second-order valence-electron chi connectivity index (χ2n) is 10.8. The highest BCUT2D eigenvalue weighted by Gasteiger charge is 2.47. The number of halogens is 3. The Morgan fingerprint density at radius 3 is 2.14 bits per heavy atom. The van der Waals surface area contributed by atoms with Crippen molar-refractivity contribution in [2.24, 2.45) is 11.0 Å². The number of carbonyl (C=O) groups is 2. The minimum absolute atomic E-state index is 0.146. The second-order valence-corrected chi connectivity index (χ2v) is 10.8. The molecule has 10 heteroatoms. The van der Waals surface area contributed by atoms with Gasteiger partial charge in [-0.05, 0) is 51.3 Å². The standard InChI is InChI=1S/C25H35F3N4O3/c1-17(2)16-32-21(33)24(6,31-13-11-30(12-14-31)22(34)35-23(3,4)5)15-20(29-32)18-7-9-19(10-8-18)25(26,27)28/h7-10,17H,11-16H2,1-6H3. The Morgan fingerprint density at radius 2 is 1.66 bits per heavy atom. The second kappa shape index (κ2) is 9.79. The van der Waals surface area contributed by atoms with Crippen molar-refractivity contribution in [3.8, 4) is 0 Å². The first-order valence-corrected chi connectivity index (χ1v) is 11.9. The highest BCUT2D eigenvalue weighted by molar-refractivity contribution is 6.07. The molecule has 0 radical (unpaired) electrons. The lowest BCUT2D eigenvalue weighted by atomic mass is 9.86. The molecule has 1 aromatic carbocycles. The maximum atomic E-state index is 13.6. The summed E-state index contributed by atoms with van der Waals surface area (Å²) in [5, 5.41) is 5.99. The van der Waals surface area contributed by atoms with Gasteiger partial charge in [0.1, 0.15) is 11.1 Å². The Labute approximate surface area is 204 Å². The molecular weight excluding hydrogens is 461 g/mol. The number of nitrogens with zero attached hydrogens (tertiary/aromatic N) is 4. The van der Waals surface area contributed by atoms with E-state index in [1.807, 2.05) is 46.4 Å². The maximum Gasteiger partial charge on any atom is 0.416 e. The SMILES string of the molecule is CC(C)CN1N=C(c2ccc(C(F)(F)F)cc2)CC(C)(N2CCN(C(=O)OC(C)(C)C)CC2)C1=O. The molecule has 194 valence electrons. The zero-order valence-electron chi connectivity index (χ0n) is 21.3. The number of ether oxygens (including phenoxy) is 1. The summed E-state index contributed by atoms with van der Waals surface area (Å²) in [7, 11) is 0. The van der Waals surface area contributed by atoms with Gasteiger partial charge in [-0.15, -0.1) is 0 Å². The Kier molecular flexibility index (Phi) is 7.55. The molecule has 0 aliphatic carbocycles. The van der Waals surface area contributed by atoms with Crippen LogP contribution in [0.15, 0.2) is 29.4 Å². The number of amides is 2. The van der Waals surface area contributed by atoms with E-state index in [2.05, 4.69) is 5.10 Å². The van der Waals surface area contributed by atoms with Gasteiger partial charge in [-0.25, -0.2) is 9.80 Å². The summed E-state index contributed by atoms with van der Waals surface area (Å²) in [4.78, 5) is 29.7. The third-order valence-corrected chi connectivity index (χ3v) is 6.16. The molecule has 2 heterocycles. The smallest absolute Gasteiger partial charge is 0.416 e. The van der Waals surface area contributed by atoms with Crippen LogP contribution in [0.1, 0.15) is 59.1 Å². The first-order valence-electron chi connectivity index (χ1n) is 11.9. The van der Waals surface area contributed by atoms with Gasteiger partial charge in [0.05, 0.1) is 11.3 Å². The van der Waals surface area contributed by atoms with Gasteiger partial charge in [0, 0.05) is 39.1 Å². The van der Waals surface area contributed by atoms with Crippen LogP contribution in [0.2, 0.25) is 0 Å². The molecular formula is C25H35F3N4O3. The first-order chi connectivity index (χ1) is 16.1. The van der Waals surface area contributed by atoms with E-state index in [1.165, 1.54) is 17.1 Å². The van der Waals surface area contributed by atoms with E-state index in [1.54, 1.807) is 4.90 Å². The minimum atomic E-state index is -4.42. The van der Waals surface area contributed by atoms with Crippen molar-refractivity contribution < 1.29 is 27.5 Å². The molecule has 35 heavy (non-hydrogen) atoms. The molecule has 1 unspecified atom stereocenters. The summed E-state index contributed by atoms with van der Waals surface area (Å²) in [6.07, 6.45) is -4.54. The predicted octanol–water partition coefficient (Wildman–Crippen LogP) is 4.61. The number of carbonyl (C=O) groups excluding carboxylic acids is 2. The molecule has 0 bridgehead atoms. The van der Waals surface area contributed by atoms with E-state index in [0.717, 1.165) is 12.1 Å². The first kappa shape index (κ1) is 27.0. The summed E-state index contributed by atoms with van der Waals surface area (Å²) in [5.74, 6) is 0.00972. The lowest BCUT2D eigenvalue weighted by Crippen LogP contribution is -2.65. The van der Waals surface area contributed by atoms with Crippen LogP contribution in [0.5, 0.6) is 0 Å². The van der Waals surface area contributed by atoms with E-state index in [-0.39, 0.29) is 24.3 Å². The van der Waals surface area contributed by atoms with Gasteiger partial charge in [-0.2, -0.15) is 18.3 Å². The van der Waals surface area contributed by atoms with Gasteiger partial charge in [0.15, 0.2) is 0 Å². The van der Waals surface area contributed by atoms with Gasteiger partial charge >= 0.3 is 12.3 Å². The Balaban J connectivity index is 1.83. The maximum absolute atomic E-state index is 13.6. The van der Waals surface area contributed by atoms with Crippen LogP contribution in [0.3, 0.4) is 0 Å². The zero-order chi connectivity index (χ0) is 26.2.